The van der Waals surface area contributed by atoms with Crippen molar-refractivity contribution < 1.29 is 4.79 Å². The summed E-state index contributed by atoms with van der Waals surface area (Å²) in [4.78, 5) is 16.7. The van der Waals surface area contributed by atoms with Crippen molar-refractivity contribution in [2.45, 2.75) is 71.5 Å². The third kappa shape index (κ3) is 5.06. The molecule has 3 atom stereocenters. The smallest absolute Gasteiger partial charge is 0.237 e. The zero-order valence-electron chi connectivity index (χ0n) is 13.9. The van der Waals surface area contributed by atoms with Crippen LogP contribution in [-0.4, -0.2) is 54.0 Å². The van der Waals surface area contributed by atoms with Gasteiger partial charge in [0.25, 0.3) is 0 Å². The van der Waals surface area contributed by atoms with Crippen LogP contribution in [-0.2, 0) is 4.79 Å². The highest BCUT2D eigenvalue weighted by Crippen LogP contribution is 2.22. The molecule has 1 aliphatic heterocycles. The fourth-order valence-corrected chi connectivity index (χ4v) is 3.01. The highest BCUT2D eigenvalue weighted by Gasteiger charge is 2.29. The number of nitrogens with zero attached hydrogens (tertiary/aromatic N) is 2. The first-order chi connectivity index (χ1) is 9.32. The first-order valence-electron chi connectivity index (χ1n) is 8.08. The Balaban J connectivity index is 2.40. The molecule has 0 spiro atoms. The fourth-order valence-electron chi connectivity index (χ4n) is 3.01. The van der Waals surface area contributed by atoms with E-state index in [4.69, 9.17) is 5.73 Å². The number of carbonyl (C=O) groups is 1. The molecule has 0 aromatic carbocycles. The van der Waals surface area contributed by atoms with Gasteiger partial charge in [0.15, 0.2) is 0 Å². The number of nitrogens with two attached hydrogens (primary N) is 1. The minimum atomic E-state index is 0.223. The molecule has 2 N–H and O–H groups in total. The second kappa shape index (κ2) is 7.99. The SMILES string of the molecule is CC(C)C(N)CCN(C)CC(=O)N1C(C)CCCC1C. The normalized spacial score (nSPS) is 25.3. The van der Waals surface area contributed by atoms with Gasteiger partial charge >= 0.3 is 0 Å². The Morgan fingerprint density at radius 1 is 1.30 bits per heavy atom. The maximum atomic E-state index is 12.5. The summed E-state index contributed by atoms with van der Waals surface area (Å²) < 4.78 is 0. The lowest BCUT2D eigenvalue weighted by Gasteiger charge is -2.40. The predicted octanol–water partition coefficient (Wildman–Crippen LogP) is 2.08. The van der Waals surface area contributed by atoms with Gasteiger partial charge in [-0.15, -0.1) is 0 Å². The zero-order valence-corrected chi connectivity index (χ0v) is 13.9. The Morgan fingerprint density at radius 2 is 1.85 bits per heavy atom. The molecule has 20 heavy (non-hydrogen) atoms. The second-order valence-corrected chi connectivity index (χ2v) is 6.86. The fraction of sp³-hybridized carbons (Fsp3) is 0.938. The third-order valence-corrected chi connectivity index (χ3v) is 4.59. The number of carbonyl (C=O) groups excluding carboxylic acids is 1. The minimum absolute atomic E-state index is 0.223. The van der Waals surface area contributed by atoms with Crippen molar-refractivity contribution in [3.05, 3.63) is 0 Å². The second-order valence-electron chi connectivity index (χ2n) is 6.86. The molecule has 1 aliphatic rings. The molecule has 1 rings (SSSR count). The maximum absolute atomic E-state index is 12.5. The van der Waals surface area contributed by atoms with Gasteiger partial charge in [-0.1, -0.05) is 13.8 Å². The van der Waals surface area contributed by atoms with Crippen LogP contribution in [0.15, 0.2) is 0 Å². The highest BCUT2D eigenvalue weighted by atomic mass is 16.2. The van der Waals surface area contributed by atoms with Crippen molar-refractivity contribution >= 4 is 5.91 Å². The van der Waals surface area contributed by atoms with E-state index in [1.165, 1.54) is 6.42 Å². The molecule has 0 bridgehead atoms. The lowest BCUT2D eigenvalue weighted by molar-refractivity contribution is -0.138. The van der Waals surface area contributed by atoms with Crippen molar-refractivity contribution in [3.8, 4) is 0 Å². The number of likely N-dealkylation sites (N-methyl/N-ethyl adjacent to an activating group) is 1. The molecule has 1 fully saturated rings. The summed E-state index contributed by atoms with van der Waals surface area (Å²) in [5, 5.41) is 0. The summed E-state index contributed by atoms with van der Waals surface area (Å²) >= 11 is 0. The first-order valence-corrected chi connectivity index (χ1v) is 8.08. The van der Waals surface area contributed by atoms with Crippen LogP contribution in [0.2, 0.25) is 0 Å². The van der Waals surface area contributed by atoms with Gasteiger partial charge in [-0.05, 0) is 59.0 Å². The van der Waals surface area contributed by atoms with Crippen molar-refractivity contribution in [3.63, 3.8) is 0 Å². The molecule has 1 saturated heterocycles. The molecule has 1 amide bonds. The van der Waals surface area contributed by atoms with E-state index >= 15 is 0 Å². The topological polar surface area (TPSA) is 49.6 Å². The molecule has 0 aromatic rings. The summed E-state index contributed by atoms with van der Waals surface area (Å²) in [7, 11) is 2.02. The molecule has 0 radical (unpaired) electrons. The van der Waals surface area contributed by atoms with E-state index in [0.29, 0.717) is 24.5 Å². The van der Waals surface area contributed by atoms with Crippen LogP contribution in [0.3, 0.4) is 0 Å². The summed E-state index contributed by atoms with van der Waals surface area (Å²) in [5.74, 6) is 0.770. The van der Waals surface area contributed by atoms with E-state index < -0.39 is 0 Å². The van der Waals surface area contributed by atoms with E-state index in [1.54, 1.807) is 0 Å². The lowest BCUT2D eigenvalue weighted by atomic mass is 9.97. The Hall–Kier alpha value is -0.610. The molecule has 4 nitrogen and oxygen atoms in total. The van der Waals surface area contributed by atoms with E-state index in [-0.39, 0.29) is 11.9 Å². The van der Waals surface area contributed by atoms with E-state index in [2.05, 4.69) is 37.5 Å². The van der Waals surface area contributed by atoms with Gasteiger partial charge in [0.1, 0.15) is 0 Å². The Kier molecular flexibility index (Phi) is 6.96. The molecule has 3 unspecified atom stereocenters. The van der Waals surface area contributed by atoms with Gasteiger partial charge < -0.3 is 10.6 Å². The first kappa shape index (κ1) is 17.4. The van der Waals surface area contributed by atoms with Crippen molar-refractivity contribution in [1.82, 2.24) is 9.80 Å². The van der Waals surface area contributed by atoms with E-state index in [0.717, 1.165) is 25.8 Å². The third-order valence-electron chi connectivity index (χ3n) is 4.59. The van der Waals surface area contributed by atoms with E-state index in [1.807, 2.05) is 7.05 Å². The molecule has 0 aliphatic carbocycles. The number of amides is 1. The van der Waals surface area contributed by atoms with Crippen LogP contribution in [0.25, 0.3) is 0 Å². The summed E-state index contributed by atoms with van der Waals surface area (Å²) in [5.41, 5.74) is 6.06. The number of piperidine rings is 1. The number of hydrogen-bond acceptors (Lipinski definition) is 3. The number of likely N-dealkylation sites (tertiary alicyclic amines) is 1. The Bertz CT molecular complexity index is 296. The lowest BCUT2D eigenvalue weighted by Crippen LogP contribution is -2.50. The van der Waals surface area contributed by atoms with E-state index in [9.17, 15) is 4.79 Å². The number of hydrogen-bond donors (Lipinski definition) is 1. The van der Waals surface area contributed by atoms with Gasteiger partial charge in [-0.3, -0.25) is 9.69 Å². The van der Waals surface area contributed by atoms with Crippen molar-refractivity contribution in [2.24, 2.45) is 11.7 Å². The van der Waals surface area contributed by atoms with Crippen LogP contribution >= 0.6 is 0 Å². The predicted molar refractivity (Wildman–Crippen MR) is 84.5 cm³/mol. The average molecular weight is 283 g/mol. The van der Waals surface area contributed by atoms with Crippen LogP contribution in [0.5, 0.6) is 0 Å². The standard InChI is InChI=1S/C16H33N3O/c1-12(2)15(17)9-10-18(5)11-16(20)19-13(3)7-6-8-14(19)4/h12-15H,6-11,17H2,1-5H3. The van der Waals surface area contributed by atoms with Crippen LogP contribution in [0, 0.1) is 5.92 Å². The van der Waals surface area contributed by atoms with Gasteiger partial charge in [-0.2, -0.15) is 0 Å². The average Bonchev–Trinajstić information content (AvgIpc) is 2.35. The molecule has 0 saturated carbocycles. The summed E-state index contributed by atoms with van der Waals surface area (Å²) in [6.45, 7) is 10.0. The minimum Gasteiger partial charge on any atom is -0.336 e. The van der Waals surface area contributed by atoms with Crippen molar-refractivity contribution in [1.29, 1.82) is 0 Å². The van der Waals surface area contributed by atoms with Gasteiger partial charge in [0.05, 0.1) is 6.54 Å². The van der Waals surface area contributed by atoms with Crippen molar-refractivity contribution in [2.75, 3.05) is 20.1 Å². The molecule has 4 heteroatoms. The maximum Gasteiger partial charge on any atom is 0.237 e. The highest BCUT2D eigenvalue weighted by molar-refractivity contribution is 5.79. The van der Waals surface area contributed by atoms with Gasteiger partial charge in [-0.25, -0.2) is 0 Å². The van der Waals surface area contributed by atoms with Crippen LogP contribution < -0.4 is 5.73 Å². The van der Waals surface area contributed by atoms with Gasteiger partial charge in [0.2, 0.25) is 5.91 Å². The monoisotopic (exact) mass is 283 g/mol. The molecular formula is C16H33N3O. The summed E-state index contributed by atoms with van der Waals surface area (Å²) in [6.07, 6.45) is 4.47. The quantitative estimate of drug-likeness (QED) is 0.812. The van der Waals surface area contributed by atoms with Crippen LogP contribution in [0.4, 0.5) is 0 Å². The van der Waals surface area contributed by atoms with Crippen LogP contribution in [0.1, 0.15) is 53.4 Å². The largest absolute Gasteiger partial charge is 0.336 e. The molecule has 0 aromatic heterocycles. The Labute approximate surface area is 124 Å². The zero-order chi connectivity index (χ0) is 15.3. The Morgan fingerprint density at radius 3 is 2.35 bits per heavy atom. The van der Waals surface area contributed by atoms with Gasteiger partial charge in [0, 0.05) is 18.1 Å². The molecule has 1 heterocycles. The molecular weight excluding hydrogens is 250 g/mol. The molecule has 118 valence electrons. The summed E-state index contributed by atoms with van der Waals surface area (Å²) in [6, 6.07) is 0.996. The number of rotatable bonds is 6.